The molecule has 0 amide bonds. The van der Waals surface area contributed by atoms with E-state index in [4.69, 9.17) is 5.84 Å². The quantitative estimate of drug-likeness (QED) is 0.586. The van der Waals surface area contributed by atoms with Crippen LogP contribution in [-0.2, 0) is 16.3 Å². The van der Waals surface area contributed by atoms with E-state index in [9.17, 15) is 8.42 Å². The van der Waals surface area contributed by atoms with Gasteiger partial charge in [-0.3, -0.25) is 11.3 Å². The number of aromatic nitrogens is 1. The highest BCUT2D eigenvalue weighted by Gasteiger charge is 2.33. The molecule has 1 fully saturated rings. The molecule has 1 aliphatic heterocycles. The fourth-order valence-corrected chi connectivity index (χ4v) is 4.60. The van der Waals surface area contributed by atoms with E-state index in [0.717, 1.165) is 5.01 Å². The molecule has 2 unspecified atom stereocenters. The molecule has 0 aliphatic carbocycles. The van der Waals surface area contributed by atoms with E-state index in [1.807, 2.05) is 5.38 Å². The Kier molecular flexibility index (Phi) is 3.58. The van der Waals surface area contributed by atoms with Crippen LogP contribution in [0.4, 0.5) is 0 Å². The second-order valence-electron chi connectivity index (χ2n) is 4.07. The molecular weight excluding hydrogens is 246 g/mol. The number of hydrogen-bond donors (Lipinski definition) is 2. The second kappa shape index (κ2) is 4.79. The van der Waals surface area contributed by atoms with E-state index >= 15 is 0 Å². The molecule has 1 aliphatic rings. The van der Waals surface area contributed by atoms with Gasteiger partial charge in [0.25, 0.3) is 0 Å². The lowest BCUT2D eigenvalue weighted by Gasteiger charge is -2.20. The van der Waals surface area contributed by atoms with Crippen molar-refractivity contribution >= 4 is 21.2 Å². The van der Waals surface area contributed by atoms with Crippen LogP contribution in [0.15, 0.2) is 11.6 Å². The normalized spacial score (nSPS) is 25.7. The van der Waals surface area contributed by atoms with Gasteiger partial charge in [0.05, 0.1) is 16.5 Å². The van der Waals surface area contributed by atoms with Gasteiger partial charge < -0.3 is 0 Å². The fraction of sp³-hybridized carbons (Fsp3) is 0.667. The van der Waals surface area contributed by atoms with Crippen LogP contribution < -0.4 is 11.3 Å². The third-order valence-electron chi connectivity index (χ3n) is 2.93. The molecule has 2 rings (SSSR count). The SMILES string of the molecule is NNC(Cc1nccs1)C1CCS(=O)(=O)C1. The van der Waals surface area contributed by atoms with Crippen LogP contribution in [0, 0.1) is 5.92 Å². The molecule has 2 atom stereocenters. The average molecular weight is 261 g/mol. The van der Waals surface area contributed by atoms with E-state index in [1.54, 1.807) is 17.5 Å². The number of rotatable bonds is 4. The Labute approximate surface area is 99.0 Å². The van der Waals surface area contributed by atoms with Gasteiger partial charge in [0.1, 0.15) is 0 Å². The monoisotopic (exact) mass is 261 g/mol. The second-order valence-corrected chi connectivity index (χ2v) is 7.27. The van der Waals surface area contributed by atoms with E-state index in [1.165, 1.54) is 0 Å². The summed E-state index contributed by atoms with van der Waals surface area (Å²) in [5, 5.41) is 2.90. The smallest absolute Gasteiger partial charge is 0.150 e. The summed E-state index contributed by atoms with van der Waals surface area (Å²) in [5.74, 6) is 6.13. The number of nitrogens with one attached hydrogen (secondary N) is 1. The molecule has 1 saturated heterocycles. The Hall–Kier alpha value is -0.500. The molecule has 0 radical (unpaired) electrons. The van der Waals surface area contributed by atoms with Crippen LogP contribution in [0.1, 0.15) is 11.4 Å². The maximum atomic E-state index is 11.4. The first-order valence-electron chi connectivity index (χ1n) is 5.15. The van der Waals surface area contributed by atoms with Crippen molar-refractivity contribution in [1.29, 1.82) is 0 Å². The number of hydrogen-bond acceptors (Lipinski definition) is 6. The van der Waals surface area contributed by atoms with E-state index in [-0.39, 0.29) is 23.5 Å². The van der Waals surface area contributed by atoms with Gasteiger partial charge in [-0.25, -0.2) is 13.4 Å². The minimum absolute atomic E-state index is 0.00317. The Morgan fingerprint density at radius 3 is 3.00 bits per heavy atom. The van der Waals surface area contributed by atoms with Crippen molar-refractivity contribution in [2.75, 3.05) is 11.5 Å². The highest BCUT2D eigenvalue weighted by atomic mass is 32.2. The Morgan fingerprint density at radius 2 is 2.50 bits per heavy atom. The number of nitrogens with zero attached hydrogens (tertiary/aromatic N) is 1. The lowest BCUT2D eigenvalue weighted by Crippen LogP contribution is -2.43. The summed E-state index contributed by atoms with van der Waals surface area (Å²) in [4.78, 5) is 4.19. The van der Waals surface area contributed by atoms with Gasteiger partial charge >= 0.3 is 0 Å². The number of nitrogens with two attached hydrogens (primary N) is 1. The third kappa shape index (κ3) is 2.79. The molecule has 3 N–H and O–H groups in total. The van der Waals surface area contributed by atoms with Gasteiger partial charge in [0.2, 0.25) is 0 Å². The maximum Gasteiger partial charge on any atom is 0.150 e. The molecule has 90 valence electrons. The van der Waals surface area contributed by atoms with Crippen molar-refractivity contribution in [3.63, 3.8) is 0 Å². The van der Waals surface area contributed by atoms with Gasteiger partial charge in [0.15, 0.2) is 9.84 Å². The third-order valence-corrected chi connectivity index (χ3v) is 5.52. The van der Waals surface area contributed by atoms with Gasteiger partial charge in [-0.05, 0) is 12.3 Å². The molecule has 1 aromatic rings. The molecule has 1 aromatic heterocycles. The summed E-state index contributed by atoms with van der Waals surface area (Å²) < 4.78 is 22.8. The molecule has 0 saturated carbocycles. The molecule has 7 heteroatoms. The number of thiazole rings is 1. The Balaban J connectivity index is 2.01. The zero-order valence-electron chi connectivity index (χ0n) is 8.80. The largest absolute Gasteiger partial charge is 0.271 e. The van der Waals surface area contributed by atoms with Gasteiger partial charge in [-0.15, -0.1) is 11.3 Å². The minimum atomic E-state index is -2.84. The van der Waals surface area contributed by atoms with Crippen molar-refractivity contribution in [1.82, 2.24) is 10.4 Å². The zero-order chi connectivity index (χ0) is 11.6. The minimum Gasteiger partial charge on any atom is -0.271 e. The van der Waals surface area contributed by atoms with Crippen molar-refractivity contribution < 1.29 is 8.42 Å². The standard InChI is InChI=1S/C9H15N3O2S2/c10-12-8(5-9-11-2-3-15-9)7-1-4-16(13,14)6-7/h2-3,7-8,12H,1,4-6,10H2. The zero-order valence-corrected chi connectivity index (χ0v) is 10.4. The van der Waals surface area contributed by atoms with Gasteiger partial charge in [0, 0.05) is 24.0 Å². The summed E-state index contributed by atoms with van der Waals surface area (Å²) >= 11 is 1.57. The molecule has 0 spiro atoms. The van der Waals surface area contributed by atoms with Crippen LogP contribution in [0.25, 0.3) is 0 Å². The summed E-state index contributed by atoms with van der Waals surface area (Å²) in [6.07, 6.45) is 3.15. The van der Waals surface area contributed by atoms with Crippen molar-refractivity contribution in [2.24, 2.45) is 11.8 Å². The van der Waals surface area contributed by atoms with Crippen LogP contribution >= 0.6 is 11.3 Å². The van der Waals surface area contributed by atoms with Crippen molar-refractivity contribution in [3.8, 4) is 0 Å². The first-order chi connectivity index (χ1) is 7.61. The average Bonchev–Trinajstić information content (AvgIpc) is 2.83. The van der Waals surface area contributed by atoms with Crippen LogP contribution in [0.2, 0.25) is 0 Å². The van der Waals surface area contributed by atoms with Crippen LogP contribution in [-0.4, -0.2) is 30.9 Å². The summed E-state index contributed by atoms with van der Waals surface area (Å²) in [6.45, 7) is 0. The van der Waals surface area contributed by atoms with Gasteiger partial charge in [-0.2, -0.15) is 0 Å². The van der Waals surface area contributed by atoms with Crippen LogP contribution in [0.3, 0.4) is 0 Å². The first-order valence-corrected chi connectivity index (χ1v) is 7.86. The predicted molar refractivity (Wildman–Crippen MR) is 63.7 cm³/mol. The maximum absolute atomic E-state index is 11.4. The number of hydrazine groups is 1. The first kappa shape index (κ1) is 12.0. The lowest BCUT2D eigenvalue weighted by atomic mass is 9.97. The Morgan fingerprint density at radius 1 is 1.69 bits per heavy atom. The molecule has 0 bridgehead atoms. The van der Waals surface area contributed by atoms with E-state index < -0.39 is 9.84 Å². The summed E-state index contributed by atoms with van der Waals surface area (Å²) in [5.41, 5.74) is 2.72. The lowest BCUT2D eigenvalue weighted by molar-refractivity contribution is 0.385. The molecular formula is C9H15N3O2S2. The summed E-state index contributed by atoms with van der Waals surface area (Å²) in [6, 6.07) is 0.00317. The van der Waals surface area contributed by atoms with Crippen molar-refractivity contribution in [2.45, 2.75) is 18.9 Å². The highest BCUT2D eigenvalue weighted by Crippen LogP contribution is 2.24. The van der Waals surface area contributed by atoms with Crippen molar-refractivity contribution in [3.05, 3.63) is 16.6 Å². The van der Waals surface area contributed by atoms with Crippen LogP contribution in [0.5, 0.6) is 0 Å². The Bertz CT molecular complexity index is 430. The molecule has 5 nitrogen and oxygen atoms in total. The molecule has 16 heavy (non-hydrogen) atoms. The topological polar surface area (TPSA) is 85.1 Å². The van der Waals surface area contributed by atoms with E-state index in [2.05, 4.69) is 10.4 Å². The highest BCUT2D eigenvalue weighted by molar-refractivity contribution is 7.91. The predicted octanol–water partition coefficient (Wildman–Crippen LogP) is -0.0478. The fourth-order valence-electron chi connectivity index (χ4n) is 2.04. The molecule has 2 heterocycles. The van der Waals surface area contributed by atoms with Gasteiger partial charge in [-0.1, -0.05) is 0 Å². The molecule has 0 aromatic carbocycles. The summed E-state index contributed by atoms with van der Waals surface area (Å²) in [7, 11) is -2.84. The number of sulfone groups is 1. The van der Waals surface area contributed by atoms with E-state index in [0.29, 0.717) is 12.8 Å².